The van der Waals surface area contributed by atoms with E-state index in [9.17, 15) is 4.79 Å². The van der Waals surface area contributed by atoms with Crippen LogP contribution < -0.4 is 15.8 Å². The molecule has 0 fully saturated rings. The second-order valence-electron chi connectivity index (χ2n) is 5.83. The van der Waals surface area contributed by atoms with Crippen LogP contribution in [-0.4, -0.2) is 18.6 Å². The van der Waals surface area contributed by atoms with Crippen molar-refractivity contribution in [3.63, 3.8) is 0 Å². The maximum absolute atomic E-state index is 12.3. The van der Waals surface area contributed by atoms with Gasteiger partial charge in [0.1, 0.15) is 11.9 Å². The Balaban J connectivity index is 0.00000312. The fourth-order valence-corrected chi connectivity index (χ4v) is 2.71. The Morgan fingerprint density at radius 1 is 1.12 bits per heavy atom. The lowest BCUT2D eigenvalue weighted by atomic mass is 9.94. The van der Waals surface area contributed by atoms with Crippen molar-refractivity contribution in [3.05, 3.63) is 64.6 Å². The van der Waals surface area contributed by atoms with Crippen molar-refractivity contribution in [1.82, 2.24) is 5.32 Å². The zero-order valence-corrected chi connectivity index (χ0v) is 16.7. The summed E-state index contributed by atoms with van der Waals surface area (Å²) in [5.41, 5.74) is 7.15. The highest BCUT2D eigenvalue weighted by molar-refractivity contribution is 9.10. The van der Waals surface area contributed by atoms with Gasteiger partial charge in [0.15, 0.2) is 0 Å². The second kappa shape index (κ2) is 10.4. The summed E-state index contributed by atoms with van der Waals surface area (Å²) in [6.07, 6.45) is -0.146. The van der Waals surface area contributed by atoms with E-state index in [-0.39, 0.29) is 36.4 Å². The van der Waals surface area contributed by atoms with Gasteiger partial charge in [0.05, 0.1) is 16.9 Å². The summed E-state index contributed by atoms with van der Waals surface area (Å²) >= 11 is 3.44. The van der Waals surface area contributed by atoms with E-state index in [0.717, 1.165) is 15.8 Å². The predicted molar refractivity (Wildman–Crippen MR) is 107 cm³/mol. The van der Waals surface area contributed by atoms with Crippen molar-refractivity contribution in [2.75, 3.05) is 6.54 Å². The molecule has 3 atom stereocenters. The lowest BCUT2D eigenvalue weighted by molar-refractivity contribution is -0.125. The standard InChI is InChI=1S/C19H23BrN2O2.ClH/c1-13(24-17-11-7-6-10-16(17)20)12-22-19(23)14(2)18(21)15-8-4-3-5-9-15;/h3-11,13-14,18H,12,21H2,1-2H3,(H,22,23);1H. The Hall–Kier alpha value is -1.56. The van der Waals surface area contributed by atoms with Gasteiger partial charge in [-0.1, -0.05) is 49.4 Å². The van der Waals surface area contributed by atoms with Gasteiger partial charge in [0.25, 0.3) is 0 Å². The maximum Gasteiger partial charge on any atom is 0.224 e. The first-order valence-electron chi connectivity index (χ1n) is 7.98. The van der Waals surface area contributed by atoms with Crippen LogP contribution >= 0.6 is 28.3 Å². The van der Waals surface area contributed by atoms with Gasteiger partial charge >= 0.3 is 0 Å². The fraction of sp³-hybridized carbons (Fsp3) is 0.316. The van der Waals surface area contributed by atoms with Gasteiger partial charge in [-0.25, -0.2) is 0 Å². The van der Waals surface area contributed by atoms with Crippen LogP contribution in [0.4, 0.5) is 0 Å². The van der Waals surface area contributed by atoms with Crippen LogP contribution in [0.1, 0.15) is 25.5 Å². The van der Waals surface area contributed by atoms with E-state index >= 15 is 0 Å². The zero-order chi connectivity index (χ0) is 17.5. The minimum Gasteiger partial charge on any atom is -0.488 e. The third-order valence-corrected chi connectivity index (χ3v) is 4.52. The minimum atomic E-state index is -0.328. The van der Waals surface area contributed by atoms with Crippen molar-refractivity contribution >= 4 is 34.2 Å². The number of hydrogen-bond acceptors (Lipinski definition) is 3. The molecule has 3 N–H and O–H groups in total. The first-order chi connectivity index (χ1) is 11.5. The summed E-state index contributed by atoms with van der Waals surface area (Å²) in [6, 6.07) is 17.0. The van der Waals surface area contributed by atoms with Gasteiger partial charge < -0.3 is 15.8 Å². The van der Waals surface area contributed by atoms with Crippen LogP contribution in [0.15, 0.2) is 59.1 Å². The summed E-state index contributed by atoms with van der Waals surface area (Å²) in [4.78, 5) is 12.3. The molecular formula is C19H24BrClN2O2. The molecule has 0 radical (unpaired) electrons. The van der Waals surface area contributed by atoms with Crippen LogP contribution in [0, 0.1) is 5.92 Å². The SMILES string of the molecule is CC(CNC(=O)C(C)C(N)c1ccccc1)Oc1ccccc1Br.Cl. The van der Waals surface area contributed by atoms with Gasteiger partial charge in [-0.3, -0.25) is 4.79 Å². The van der Waals surface area contributed by atoms with Gasteiger partial charge in [-0.15, -0.1) is 12.4 Å². The minimum absolute atomic E-state index is 0. The van der Waals surface area contributed by atoms with Crippen molar-refractivity contribution < 1.29 is 9.53 Å². The van der Waals surface area contributed by atoms with Crippen LogP contribution in [-0.2, 0) is 4.79 Å². The summed E-state index contributed by atoms with van der Waals surface area (Å²) in [6.45, 7) is 4.18. The lowest BCUT2D eigenvalue weighted by Gasteiger charge is -2.21. The monoisotopic (exact) mass is 426 g/mol. The Morgan fingerprint density at radius 3 is 2.36 bits per heavy atom. The number of amides is 1. The molecule has 0 aliphatic heterocycles. The molecule has 1 amide bonds. The van der Waals surface area contributed by atoms with E-state index < -0.39 is 0 Å². The molecule has 3 unspecified atom stereocenters. The van der Waals surface area contributed by atoms with Gasteiger partial charge in [-0.2, -0.15) is 0 Å². The molecule has 0 aromatic heterocycles. The number of para-hydroxylation sites is 1. The fourth-order valence-electron chi connectivity index (χ4n) is 2.33. The summed E-state index contributed by atoms with van der Waals surface area (Å²) in [5.74, 6) is 0.366. The molecule has 2 aromatic carbocycles. The molecule has 25 heavy (non-hydrogen) atoms. The number of benzene rings is 2. The maximum atomic E-state index is 12.3. The topological polar surface area (TPSA) is 64.4 Å². The van der Waals surface area contributed by atoms with E-state index in [0.29, 0.717) is 6.54 Å². The van der Waals surface area contributed by atoms with Gasteiger partial charge in [0.2, 0.25) is 5.91 Å². The largest absolute Gasteiger partial charge is 0.488 e. The molecule has 2 rings (SSSR count). The predicted octanol–water partition coefficient (Wildman–Crippen LogP) is 4.09. The quantitative estimate of drug-likeness (QED) is 0.699. The molecular weight excluding hydrogens is 404 g/mol. The lowest BCUT2D eigenvalue weighted by Crippen LogP contribution is -2.40. The number of carbonyl (C=O) groups excluding carboxylic acids is 1. The van der Waals surface area contributed by atoms with E-state index in [2.05, 4.69) is 21.2 Å². The third kappa shape index (κ3) is 6.34. The van der Waals surface area contributed by atoms with Crippen LogP contribution in [0.5, 0.6) is 5.75 Å². The molecule has 0 aliphatic rings. The van der Waals surface area contributed by atoms with Crippen molar-refractivity contribution in [2.24, 2.45) is 11.7 Å². The molecule has 0 aliphatic carbocycles. The van der Waals surface area contributed by atoms with E-state index in [1.807, 2.05) is 68.4 Å². The number of ether oxygens (including phenoxy) is 1. The Bertz CT molecular complexity index is 669. The average Bonchev–Trinajstić information content (AvgIpc) is 2.61. The van der Waals surface area contributed by atoms with Crippen molar-refractivity contribution in [3.8, 4) is 5.75 Å². The third-order valence-electron chi connectivity index (χ3n) is 3.87. The van der Waals surface area contributed by atoms with Crippen LogP contribution in [0.2, 0.25) is 0 Å². The summed E-state index contributed by atoms with van der Waals surface area (Å²) < 4.78 is 6.72. The molecule has 4 nitrogen and oxygen atoms in total. The number of nitrogens with one attached hydrogen (secondary N) is 1. The average molecular weight is 428 g/mol. The first-order valence-corrected chi connectivity index (χ1v) is 8.77. The molecule has 0 heterocycles. The van der Waals surface area contributed by atoms with E-state index in [1.165, 1.54) is 0 Å². The highest BCUT2D eigenvalue weighted by atomic mass is 79.9. The second-order valence-corrected chi connectivity index (χ2v) is 6.68. The number of rotatable bonds is 7. The van der Waals surface area contributed by atoms with Crippen LogP contribution in [0.3, 0.4) is 0 Å². The zero-order valence-electron chi connectivity index (χ0n) is 14.3. The Morgan fingerprint density at radius 2 is 1.72 bits per heavy atom. The number of carbonyl (C=O) groups is 1. The van der Waals surface area contributed by atoms with Crippen molar-refractivity contribution in [1.29, 1.82) is 0 Å². The first kappa shape index (κ1) is 21.5. The molecule has 136 valence electrons. The molecule has 2 aromatic rings. The van der Waals surface area contributed by atoms with Crippen LogP contribution in [0.25, 0.3) is 0 Å². The van der Waals surface area contributed by atoms with E-state index in [4.69, 9.17) is 10.5 Å². The molecule has 6 heteroatoms. The van der Waals surface area contributed by atoms with Gasteiger partial charge in [-0.05, 0) is 40.5 Å². The Labute approximate surface area is 163 Å². The summed E-state index contributed by atoms with van der Waals surface area (Å²) in [7, 11) is 0. The van der Waals surface area contributed by atoms with E-state index in [1.54, 1.807) is 0 Å². The highest BCUT2D eigenvalue weighted by Gasteiger charge is 2.22. The smallest absolute Gasteiger partial charge is 0.224 e. The normalized spacial score (nSPS) is 13.9. The Kier molecular flexibility index (Phi) is 8.97. The summed E-state index contributed by atoms with van der Waals surface area (Å²) in [5, 5.41) is 2.91. The highest BCUT2D eigenvalue weighted by Crippen LogP contribution is 2.24. The molecule has 0 spiro atoms. The number of halogens is 2. The van der Waals surface area contributed by atoms with Gasteiger partial charge in [0, 0.05) is 6.04 Å². The molecule has 0 saturated heterocycles. The molecule has 0 bridgehead atoms. The number of hydrogen-bond donors (Lipinski definition) is 2. The van der Waals surface area contributed by atoms with Crippen molar-refractivity contribution in [2.45, 2.75) is 26.0 Å². The number of nitrogens with two attached hydrogens (primary N) is 1. The molecule has 0 saturated carbocycles.